The molecule has 4 rings (SSSR count). The zero-order valence-corrected chi connectivity index (χ0v) is 17.9. The maximum absolute atomic E-state index is 13.1. The lowest BCUT2D eigenvalue weighted by atomic mass is 9.96. The van der Waals surface area contributed by atoms with Gasteiger partial charge in [0.2, 0.25) is 0 Å². The Bertz CT molecular complexity index is 1150. The summed E-state index contributed by atoms with van der Waals surface area (Å²) in [5.74, 6) is 0.271. The molecule has 1 aliphatic heterocycles. The molecule has 2 N–H and O–H groups in total. The predicted molar refractivity (Wildman–Crippen MR) is 121 cm³/mol. The van der Waals surface area contributed by atoms with Crippen LogP contribution in [0.5, 0.6) is 11.5 Å². The van der Waals surface area contributed by atoms with Gasteiger partial charge in [-0.25, -0.2) is 4.79 Å². The van der Waals surface area contributed by atoms with Gasteiger partial charge in [-0.05, 0) is 47.9 Å². The summed E-state index contributed by atoms with van der Waals surface area (Å²) >= 11 is 0. The Hall–Kier alpha value is -3.64. The Morgan fingerprint density at radius 1 is 1.06 bits per heavy atom. The van der Waals surface area contributed by atoms with E-state index in [1.165, 1.54) is 0 Å². The van der Waals surface area contributed by atoms with Crippen molar-refractivity contribution in [1.82, 2.24) is 0 Å². The van der Waals surface area contributed by atoms with Crippen molar-refractivity contribution < 1.29 is 23.8 Å². The molecule has 1 aliphatic rings. The molecule has 6 heteroatoms. The predicted octanol–water partition coefficient (Wildman–Crippen LogP) is 4.07. The fourth-order valence-corrected chi connectivity index (χ4v) is 3.78. The zero-order chi connectivity index (χ0) is 22.5. The number of fused-ring (bicyclic) bond motifs is 1. The largest absolute Gasteiger partial charge is 0.492 e. The molecule has 164 valence electrons. The van der Waals surface area contributed by atoms with Crippen LogP contribution in [-0.4, -0.2) is 25.2 Å². The van der Waals surface area contributed by atoms with E-state index >= 15 is 0 Å². The summed E-state index contributed by atoms with van der Waals surface area (Å²) in [5, 5.41) is 0. The summed E-state index contributed by atoms with van der Waals surface area (Å²) in [7, 11) is 0. The number of rotatable bonds is 7. The van der Waals surface area contributed by atoms with Crippen molar-refractivity contribution in [3.05, 3.63) is 82.9 Å². The Morgan fingerprint density at radius 3 is 2.72 bits per heavy atom. The molecule has 0 unspecified atom stereocenters. The van der Waals surface area contributed by atoms with E-state index in [-0.39, 0.29) is 12.4 Å². The van der Waals surface area contributed by atoms with Gasteiger partial charge in [0.05, 0.1) is 25.2 Å². The van der Waals surface area contributed by atoms with Gasteiger partial charge in [0.15, 0.2) is 0 Å². The Balaban J connectivity index is 1.65. The number of carbonyl (C=O) groups excluding carboxylic acids is 2. The SMILES string of the molecule is CCOC(=O)Cc1ccccc1OC(=O)c1cc2c(c(-c3cccc(CN)c3)c1)OCC2. The molecule has 32 heavy (non-hydrogen) atoms. The molecule has 0 radical (unpaired) electrons. The summed E-state index contributed by atoms with van der Waals surface area (Å²) < 4.78 is 16.6. The van der Waals surface area contributed by atoms with Crippen LogP contribution in [0.4, 0.5) is 0 Å². The highest BCUT2D eigenvalue weighted by atomic mass is 16.5. The molecule has 0 aromatic heterocycles. The van der Waals surface area contributed by atoms with E-state index in [1.807, 2.05) is 30.3 Å². The first-order chi connectivity index (χ1) is 15.6. The Labute approximate surface area is 186 Å². The molecule has 0 amide bonds. The monoisotopic (exact) mass is 431 g/mol. The third kappa shape index (κ3) is 4.65. The Morgan fingerprint density at radius 2 is 1.91 bits per heavy atom. The average Bonchev–Trinajstić information content (AvgIpc) is 3.28. The van der Waals surface area contributed by atoms with Gasteiger partial charge in [0.1, 0.15) is 11.5 Å². The standard InChI is InChI=1S/C26H25NO5/c1-2-30-24(28)15-19-7-3-4-9-23(19)32-26(29)21-13-20-10-11-31-25(20)22(14-21)18-8-5-6-17(12-18)16-27/h3-9,12-14H,2,10-11,15-16,27H2,1H3. The molecule has 0 fully saturated rings. The first-order valence-electron chi connectivity index (χ1n) is 10.6. The maximum Gasteiger partial charge on any atom is 0.343 e. The molecule has 0 saturated heterocycles. The molecular weight excluding hydrogens is 406 g/mol. The van der Waals surface area contributed by atoms with Crippen molar-refractivity contribution in [2.24, 2.45) is 5.73 Å². The lowest BCUT2D eigenvalue weighted by Crippen LogP contribution is -2.13. The third-order valence-electron chi connectivity index (χ3n) is 5.31. The van der Waals surface area contributed by atoms with Crippen LogP contribution in [0.25, 0.3) is 11.1 Å². The van der Waals surface area contributed by atoms with Crippen molar-refractivity contribution >= 4 is 11.9 Å². The molecule has 0 spiro atoms. The molecule has 3 aromatic rings. The van der Waals surface area contributed by atoms with E-state index < -0.39 is 5.97 Å². The zero-order valence-electron chi connectivity index (χ0n) is 17.9. The van der Waals surface area contributed by atoms with E-state index in [2.05, 4.69) is 0 Å². The number of hydrogen-bond donors (Lipinski definition) is 1. The number of ether oxygens (including phenoxy) is 3. The highest BCUT2D eigenvalue weighted by Gasteiger charge is 2.23. The van der Waals surface area contributed by atoms with Gasteiger partial charge in [-0.3, -0.25) is 4.79 Å². The van der Waals surface area contributed by atoms with Crippen LogP contribution < -0.4 is 15.2 Å². The second-order valence-electron chi connectivity index (χ2n) is 7.49. The molecule has 0 saturated carbocycles. The first kappa shape index (κ1) is 21.6. The second-order valence-corrected chi connectivity index (χ2v) is 7.49. The molecular formula is C26H25NO5. The number of nitrogens with two attached hydrogens (primary N) is 1. The number of carbonyl (C=O) groups is 2. The van der Waals surface area contributed by atoms with Crippen molar-refractivity contribution in [1.29, 1.82) is 0 Å². The average molecular weight is 431 g/mol. The van der Waals surface area contributed by atoms with Crippen LogP contribution in [0.3, 0.4) is 0 Å². The minimum absolute atomic E-state index is 0.0342. The second kappa shape index (κ2) is 9.66. The molecule has 6 nitrogen and oxygen atoms in total. The summed E-state index contributed by atoms with van der Waals surface area (Å²) in [6.07, 6.45) is 0.756. The van der Waals surface area contributed by atoms with E-state index in [0.717, 1.165) is 34.4 Å². The van der Waals surface area contributed by atoms with E-state index in [1.54, 1.807) is 37.3 Å². The smallest absolute Gasteiger partial charge is 0.343 e. The molecule has 0 bridgehead atoms. The lowest BCUT2D eigenvalue weighted by molar-refractivity contribution is -0.142. The molecule has 0 aliphatic carbocycles. The Kier molecular flexibility index (Phi) is 6.52. The third-order valence-corrected chi connectivity index (χ3v) is 5.31. The van der Waals surface area contributed by atoms with Gasteiger partial charge in [-0.2, -0.15) is 0 Å². The number of para-hydroxylation sites is 1. The van der Waals surface area contributed by atoms with Gasteiger partial charge in [0, 0.05) is 24.1 Å². The molecule has 0 atom stereocenters. The van der Waals surface area contributed by atoms with Crippen molar-refractivity contribution in [2.75, 3.05) is 13.2 Å². The summed E-state index contributed by atoms with van der Waals surface area (Å²) in [5.41, 5.74) is 10.6. The summed E-state index contributed by atoms with van der Waals surface area (Å²) in [6, 6.07) is 18.5. The topological polar surface area (TPSA) is 87.9 Å². The summed E-state index contributed by atoms with van der Waals surface area (Å²) in [4.78, 5) is 25.0. The lowest BCUT2D eigenvalue weighted by Gasteiger charge is -2.13. The number of esters is 2. The highest BCUT2D eigenvalue weighted by molar-refractivity contribution is 5.94. The highest BCUT2D eigenvalue weighted by Crippen LogP contribution is 2.38. The first-order valence-corrected chi connectivity index (χ1v) is 10.6. The van der Waals surface area contributed by atoms with Crippen molar-refractivity contribution in [3.8, 4) is 22.6 Å². The van der Waals surface area contributed by atoms with E-state index in [4.69, 9.17) is 19.9 Å². The fourth-order valence-electron chi connectivity index (χ4n) is 3.78. The van der Waals surface area contributed by atoms with Crippen LogP contribution in [0, 0.1) is 0 Å². The van der Waals surface area contributed by atoms with Gasteiger partial charge < -0.3 is 19.9 Å². The van der Waals surface area contributed by atoms with E-state index in [0.29, 0.717) is 36.6 Å². The van der Waals surface area contributed by atoms with Gasteiger partial charge in [-0.1, -0.05) is 36.4 Å². The van der Waals surface area contributed by atoms with Crippen LogP contribution in [0.2, 0.25) is 0 Å². The maximum atomic E-state index is 13.1. The van der Waals surface area contributed by atoms with E-state index in [9.17, 15) is 9.59 Å². The van der Waals surface area contributed by atoms with Crippen LogP contribution in [0.1, 0.15) is 34.0 Å². The summed E-state index contributed by atoms with van der Waals surface area (Å²) in [6.45, 7) is 3.05. The van der Waals surface area contributed by atoms with Gasteiger partial charge in [-0.15, -0.1) is 0 Å². The molecule has 1 heterocycles. The molecule has 3 aromatic carbocycles. The van der Waals surface area contributed by atoms with Gasteiger partial charge in [0.25, 0.3) is 0 Å². The van der Waals surface area contributed by atoms with Crippen molar-refractivity contribution in [3.63, 3.8) is 0 Å². The van der Waals surface area contributed by atoms with Crippen molar-refractivity contribution in [2.45, 2.75) is 26.3 Å². The van der Waals surface area contributed by atoms with Gasteiger partial charge >= 0.3 is 11.9 Å². The number of benzene rings is 3. The fraction of sp³-hybridized carbons (Fsp3) is 0.231. The minimum Gasteiger partial charge on any atom is -0.492 e. The quantitative estimate of drug-likeness (QED) is 0.448. The minimum atomic E-state index is -0.493. The number of hydrogen-bond acceptors (Lipinski definition) is 6. The van der Waals surface area contributed by atoms with Crippen LogP contribution in [0.15, 0.2) is 60.7 Å². The van der Waals surface area contributed by atoms with Crippen LogP contribution in [-0.2, 0) is 28.9 Å². The normalized spacial score (nSPS) is 12.1. The van der Waals surface area contributed by atoms with Crippen LogP contribution >= 0.6 is 0 Å².